The van der Waals surface area contributed by atoms with Gasteiger partial charge in [-0.25, -0.2) is 0 Å². The Kier molecular flexibility index (Phi) is 4.14. The molecule has 1 aliphatic carbocycles. The Morgan fingerprint density at radius 1 is 1.24 bits per heavy atom. The van der Waals surface area contributed by atoms with Crippen molar-refractivity contribution in [2.75, 3.05) is 7.11 Å². The van der Waals surface area contributed by atoms with Crippen LogP contribution < -0.4 is 4.74 Å². The Hall–Kier alpha value is -2.46. The van der Waals surface area contributed by atoms with Crippen LogP contribution in [0.5, 0.6) is 5.75 Å². The highest BCUT2D eigenvalue weighted by Gasteiger charge is 2.34. The number of benzene rings is 2. The van der Waals surface area contributed by atoms with Gasteiger partial charge in [0.1, 0.15) is 5.75 Å². The van der Waals surface area contributed by atoms with Gasteiger partial charge in [0, 0.05) is 29.3 Å². The van der Waals surface area contributed by atoms with Crippen LogP contribution in [-0.2, 0) is 6.54 Å². The zero-order valence-electron chi connectivity index (χ0n) is 14.0. The lowest BCUT2D eigenvalue weighted by Gasteiger charge is -2.24. The number of fused-ring (bicyclic) bond motifs is 1. The van der Waals surface area contributed by atoms with Crippen molar-refractivity contribution in [3.63, 3.8) is 0 Å². The van der Waals surface area contributed by atoms with Gasteiger partial charge in [0.05, 0.1) is 12.7 Å². The van der Waals surface area contributed by atoms with Crippen LogP contribution in [0, 0.1) is 0 Å². The summed E-state index contributed by atoms with van der Waals surface area (Å²) in [5, 5.41) is 1.71. The number of H-pyrrole nitrogens is 1. The van der Waals surface area contributed by atoms with E-state index in [1.54, 1.807) is 25.3 Å². The molecule has 1 amide bonds. The van der Waals surface area contributed by atoms with Gasteiger partial charge >= 0.3 is 0 Å². The molecule has 1 aliphatic rings. The Morgan fingerprint density at radius 2 is 2.08 bits per heavy atom. The highest BCUT2D eigenvalue weighted by atomic mass is 35.5. The Bertz CT molecular complexity index is 930. The number of hydrogen-bond donors (Lipinski definition) is 1. The maximum absolute atomic E-state index is 13.2. The monoisotopic (exact) mass is 354 g/mol. The lowest BCUT2D eigenvalue weighted by atomic mass is 10.1. The molecule has 0 spiro atoms. The molecule has 1 heterocycles. The summed E-state index contributed by atoms with van der Waals surface area (Å²) in [7, 11) is 1.57. The summed E-state index contributed by atoms with van der Waals surface area (Å²) in [4.78, 5) is 18.3. The van der Waals surface area contributed by atoms with Crippen molar-refractivity contribution in [1.82, 2.24) is 9.88 Å². The molecule has 0 saturated heterocycles. The summed E-state index contributed by atoms with van der Waals surface area (Å²) in [6.07, 6.45) is 4.01. The van der Waals surface area contributed by atoms with E-state index < -0.39 is 0 Å². The van der Waals surface area contributed by atoms with E-state index in [0.717, 1.165) is 23.9 Å². The molecule has 25 heavy (non-hydrogen) atoms. The van der Waals surface area contributed by atoms with Crippen molar-refractivity contribution in [1.29, 1.82) is 0 Å². The lowest BCUT2D eigenvalue weighted by molar-refractivity contribution is 0.0726. The van der Waals surface area contributed by atoms with Gasteiger partial charge in [-0.15, -0.1) is 0 Å². The van der Waals surface area contributed by atoms with Gasteiger partial charge in [0.15, 0.2) is 0 Å². The van der Waals surface area contributed by atoms with Crippen molar-refractivity contribution in [2.45, 2.75) is 25.4 Å². The predicted octanol–water partition coefficient (Wildman–Crippen LogP) is 4.63. The molecule has 1 fully saturated rings. The van der Waals surface area contributed by atoms with Gasteiger partial charge in [-0.1, -0.05) is 23.7 Å². The number of rotatable bonds is 5. The molecule has 2 aromatic carbocycles. The maximum atomic E-state index is 13.2. The van der Waals surface area contributed by atoms with Gasteiger partial charge in [-0.3, -0.25) is 4.79 Å². The molecule has 0 aliphatic heterocycles. The fourth-order valence-corrected chi connectivity index (χ4v) is 3.32. The molecule has 0 bridgehead atoms. The molecular formula is C20H19ClN2O2. The first-order chi connectivity index (χ1) is 12.2. The molecule has 0 atom stereocenters. The van der Waals surface area contributed by atoms with Gasteiger partial charge in [0.2, 0.25) is 0 Å². The number of methoxy groups -OCH3 is 1. The van der Waals surface area contributed by atoms with Crippen LogP contribution in [-0.4, -0.2) is 28.9 Å². The van der Waals surface area contributed by atoms with E-state index in [1.807, 2.05) is 17.2 Å². The number of ether oxygens (including phenoxy) is 1. The Labute approximate surface area is 151 Å². The quantitative estimate of drug-likeness (QED) is 0.725. The Balaban J connectivity index is 1.65. The van der Waals surface area contributed by atoms with Crippen LogP contribution in [0.4, 0.5) is 0 Å². The van der Waals surface area contributed by atoms with E-state index in [4.69, 9.17) is 16.3 Å². The minimum absolute atomic E-state index is 0.0339. The molecular weight excluding hydrogens is 336 g/mol. The summed E-state index contributed by atoms with van der Waals surface area (Å²) >= 11 is 6.10. The average Bonchev–Trinajstić information content (AvgIpc) is 3.36. The molecule has 4 nitrogen and oxygen atoms in total. The summed E-state index contributed by atoms with van der Waals surface area (Å²) < 4.78 is 5.36. The minimum atomic E-state index is -0.0339. The highest BCUT2D eigenvalue weighted by Crippen LogP contribution is 2.33. The summed E-state index contributed by atoms with van der Waals surface area (Å²) in [5.74, 6) is 0.522. The van der Waals surface area contributed by atoms with Crippen molar-refractivity contribution in [2.24, 2.45) is 0 Å². The van der Waals surface area contributed by atoms with Crippen LogP contribution in [0.3, 0.4) is 0 Å². The van der Waals surface area contributed by atoms with Crippen molar-refractivity contribution < 1.29 is 9.53 Å². The largest absolute Gasteiger partial charge is 0.496 e. The van der Waals surface area contributed by atoms with Crippen LogP contribution in [0.2, 0.25) is 5.02 Å². The zero-order chi connectivity index (χ0) is 17.4. The number of nitrogens with one attached hydrogen (secondary N) is 1. The molecule has 1 N–H and O–H groups in total. The second kappa shape index (κ2) is 6.45. The second-order valence-corrected chi connectivity index (χ2v) is 6.84. The van der Waals surface area contributed by atoms with E-state index in [9.17, 15) is 4.79 Å². The molecule has 128 valence electrons. The first-order valence-electron chi connectivity index (χ1n) is 8.36. The predicted molar refractivity (Wildman–Crippen MR) is 99.2 cm³/mol. The van der Waals surface area contributed by atoms with Crippen LogP contribution >= 0.6 is 11.6 Å². The zero-order valence-corrected chi connectivity index (χ0v) is 14.7. The lowest BCUT2D eigenvalue weighted by Crippen LogP contribution is -2.32. The van der Waals surface area contributed by atoms with Crippen molar-refractivity contribution >= 4 is 28.4 Å². The van der Waals surface area contributed by atoms with Crippen LogP contribution in [0.25, 0.3) is 10.9 Å². The fraction of sp³-hybridized carbons (Fsp3) is 0.250. The second-order valence-electron chi connectivity index (χ2n) is 6.41. The van der Waals surface area contributed by atoms with E-state index in [-0.39, 0.29) is 11.9 Å². The van der Waals surface area contributed by atoms with E-state index in [0.29, 0.717) is 22.9 Å². The number of amides is 1. The highest BCUT2D eigenvalue weighted by molar-refractivity contribution is 6.31. The average molecular weight is 355 g/mol. The van der Waals surface area contributed by atoms with E-state index >= 15 is 0 Å². The molecule has 4 rings (SSSR count). The third-order valence-corrected chi connectivity index (χ3v) is 4.85. The number of aromatic amines is 1. The maximum Gasteiger partial charge on any atom is 0.258 e. The van der Waals surface area contributed by atoms with Crippen molar-refractivity contribution in [3.05, 3.63) is 64.8 Å². The van der Waals surface area contributed by atoms with Crippen LogP contribution in [0.15, 0.2) is 48.7 Å². The SMILES string of the molecule is COc1ccc(Cl)cc1C(=O)N(Cc1ccc2cc[nH]c2c1)C1CC1. The number of halogens is 1. The molecule has 3 aromatic rings. The molecule has 0 radical (unpaired) electrons. The number of nitrogens with zero attached hydrogens (tertiary/aromatic N) is 1. The topological polar surface area (TPSA) is 45.3 Å². The number of carbonyl (C=O) groups excluding carboxylic acids is 1. The van der Waals surface area contributed by atoms with Crippen LogP contribution in [0.1, 0.15) is 28.8 Å². The number of aromatic nitrogens is 1. The van der Waals surface area contributed by atoms with Gasteiger partial charge < -0.3 is 14.6 Å². The smallest absolute Gasteiger partial charge is 0.258 e. The first-order valence-corrected chi connectivity index (χ1v) is 8.74. The number of carbonyl (C=O) groups is 1. The summed E-state index contributed by atoms with van der Waals surface area (Å²) in [6, 6.07) is 13.8. The Morgan fingerprint density at radius 3 is 2.84 bits per heavy atom. The summed E-state index contributed by atoms with van der Waals surface area (Å²) in [5.41, 5.74) is 2.71. The van der Waals surface area contributed by atoms with Crippen molar-refractivity contribution in [3.8, 4) is 5.75 Å². The third kappa shape index (κ3) is 3.22. The third-order valence-electron chi connectivity index (χ3n) is 4.61. The van der Waals surface area contributed by atoms with Gasteiger partial charge in [0.25, 0.3) is 5.91 Å². The van der Waals surface area contributed by atoms with Gasteiger partial charge in [-0.2, -0.15) is 0 Å². The van der Waals surface area contributed by atoms with E-state index in [1.165, 1.54) is 5.39 Å². The van der Waals surface area contributed by atoms with Gasteiger partial charge in [-0.05, 0) is 54.1 Å². The molecule has 5 heteroatoms. The fourth-order valence-electron chi connectivity index (χ4n) is 3.15. The normalized spacial score (nSPS) is 13.8. The molecule has 0 unspecified atom stereocenters. The minimum Gasteiger partial charge on any atom is -0.496 e. The van der Waals surface area contributed by atoms with E-state index in [2.05, 4.69) is 23.2 Å². The molecule has 1 aromatic heterocycles. The first kappa shape index (κ1) is 16.0. The summed E-state index contributed by atoms with van der Waals surface area (Å²) in [6.45, 7) is 0.578. The number of hydrogen-bond acceptors (Lipinski definition) is 2. The molecule has 1 saturated carbocycles. The standard InChI is InChI=1S/C20H19ClN2O2/c1-25-19-7-4-15(21)11-17(19)20(24)23(16-5-6-16)12-13-2-3-14-8-9-22-18(14)10-13/h2-4,7-11,16,22H,5-6,12H2,1H3.